The van der Waals surface area contributed by atoms with Gasteiger partial charge in [0.2, 0.25) is 0 Å². The Morgan fingerprint density at radius 1 is 1.22 bits per heavy atom. The fourth-order valence-electron chi connectivity index (χ4n) is 1.28. The van der Waals surface area contributed by atoms with Gasteiger partial charge >= 0.3 is 0 Å². The summed E-state index contributed by atoms with van der Waals surface area (Å²) in [6.45, 7) is 10.3. The molecular formula is C13H22FNOSSi. The van der Waals surface area contributed by atoms with Gasteiger partial charge in [0.25, 0.3) is 0 Å². The van der Waals surface area contributed by atoms with E-state index in [0.717, 1.165) is 0 Å². The van der Waals surface area contributed by atoms with Gasteiger partial charge in [-0.25, -0.2) is 8.60 Å². The maximum Gasteiger partial charge on any atom is 0.193 e. The summed E-state index contributed by atoms with van der Waals surface area (Å²) in [6, 6.07) is 7.84. The zero-order chi connectivity index (χ0) is 14.0. The Labute approximate surface area is 111 Å². The van der Waals surface area contributed by atoms with Crippen molar-refractivity contribution in [3.63, 3.8) is 0 Å². The lowest BCUT2D eigenvalue weighted by molar-refractivity contribution is 0.575. The topological polar surface area (TPSA) is 29.4 Å². The molecule has 0 aliphatic heterocycles. The summed E-state index contributed by atoms with van der Waals surface area (Å²) in [4.78, 5) is 0.498. The van der Waals surface area contributed by atoms with Crippen LogP contribution in [-0.4, -0.2) is 18.5 Å². The Bertz CT molecular complexity index is 514. The molecule has 2 nitrogen and oxygen atoms in total. The Hall–Kier alpha value is -0.683. The molecule has 0 N–H and O–H groups in total. The molecule has 0 radical (unpaired) electrons. The second kappa shape index (κ2) is 5.13. The zero-order valence-electron chi connectivity index (χ0n) is 11.7. The van der Waals surface area contributed by atoms with E-state index >= 15 is 0 Å². The van der Waals surface area contributed by atoms with Crippen molar-refractivity contribution < 1.29 is 8.60 Å². The van der Waals surface area contributed by atoms with E-state index in [1.54, 1.807) is 24.3 Å². The largest absolute Gasteiger partial charge is 0.271 e. The summed E-state index contributed by atoms with van der Waals surface area (Å²) in [5.41, 5.74) is 0. The van der Waals surface area contributed by atoms with Crippen molar-refractivity contribution in [2.24, 2.45) is 4.03 Å². The Morgan fingerprint density at radius 3 is 2.11 bits per heavy atom. The molecular weight excluding hydrogens is 265 g/mol. The summed E-state index contributed by atoms with van der Waals surface area (Å²) in [6.07, 6.45) is 0. The Balaban J connectivity index is 3.39. The molecule has 0 saturated carbocycles. The van der Waals surface area contributed by atoms with Gasteiger partial charge in [-0.3, -0.25) is 4.03 Å². The van der Waals surface area contributed by atoms with Gasteiger partial charge in [-0.15, -0.1) is 0 Å². The quantitative estimate of drug-likeness (QED) is 0.755. The van der Waals surface area contributed by atoms with E-state index in [-0.39, 0.29) is 5.04 Å². The molecule has 0 unspecified atom stereocenters. The predicted octanol–water partition coefficient (Wildman–Crippen LogP) is 4.45. The van der Waals surface area contributed by atoms with Crippen LogP contribution >= 0.6 is 0 Å². The van der Waals surface area contributed by atoms with Gasteiger partial charge in [-0.1, -0.05) is 39.0 Å². The Morgan fingerprint density at radius 2 is 1.72 bits per heavy atom. The van der Waals surface area contributed by atoms with E-state index in [4.69, 9.17) is 0 Å². The lowest BCUT2D eigenvalue weighted by Crippen LogP contribution is -2.36. The van der Waals surface area contributed by atoms with Gasteiger partial charge in [-0.05, 0) is 30.3 Å². The van der Waals surface area contributed by atoms with Gasteiger partial charge in [0, 0.05) is 4.90 Å². The molecule has 0 aliphatic rings. The summed E-state index contributed by atoms with van der Waals surface area (Å²) in [7, 11) is -5.06. The zero-order valence-corrected chi connectivity index (χ0v) is 13.6. The van der Waals surface area contributed by atoms with Gasteiger partial charge in [-0.2, -0.15) is 0 Å². The van der Waals surface area contributed by atoms with E-state index < -0.39 is 24.0 Å². The standard InChI is InChI=1S/C13H22FNOSSi/c1-13(2,3)18(4,5)15-17(16,11-14)12-9-7-6-8-10-12/h6-10H,11H2,1-5H3/t17-/m0/s1. The summed E-state index contributed by atoms with van der Waals surface area (Å²) in [5.74, 6) is 0. The monoisotopic (exact) mass is 287 g/mol. The third kappa shape index (κ3) is 3.20. The molecule has 0 spiro atoms. The SMILES string of the molecule is CC(C)(C)[Si](C)(C)N=[S@](=O)(CF)c1ccccc1. The highest BCUT2D eigenvalue weighted by molar-refractivity contribution is 7.94. The van der Waals surface area contributed by atoms with Crippen molar-refractivity contribution in [1.29, 1.82) is 0 Å². The van der Waals surface area contributed by atoms with Crippen LogP contribution in [0.3, 0.4) is 0 Å². The highest BCUT2D eigenvalue weighted by Gasteiger charge is 2.37. The van der Waals surface area contributed by atoms with E-state index in [9.17, 15) is 8.60 Å². The molecule has 0 bridgehead atoms. The first-order chi connectivity index (χ1) is 8.12. The van der Waals surface area contributed by atoms with Gasteiger partial charge in [0.1, 0.15) is 0 Å². The van der Waals surface area contributed by atoms with Crippen LogP contribution in [0.5, 0.6) is 0 Å². The molecule has 1 rings (SSSR count). The molecule has 5 heteroatoms. The van der Waals surface area contributed by atoms with Gasteiger partial charge in [0.15, 0.2) is 14.2 Å². The van der Waals surface area contributed by atoms with Crippen molar-refractivity contribution in [3.8, 4) is 0 Å². The van der Waals surface area contributed by atoms with Crippen LogP contribution in [0.4, 0.5) is 4.39 Å². The number of halogens is 1. The van der Waals surface area contributed by atoms with Crippen LogP contribution in [0, 0.1) is 0 Å². The number of rotatable bonds is 3. The van der Waals surface area contributed by atoms with Gasteiger partial charge in [0.05, 0.1) is 9.73 Å². The predicted molar refractivity (Wildman–Crippen MR) is 78.5 cm³/mol. The third-order valence-electron chi connectivity index (χ3n) is 3.47. The highest BCUT2D eigenvalue weighted by atomic mass is 32.2. The maximum absolute atomic E-state index is 13.3. The highest BCUT2D eigenvalue weighted by Crippen LogP contribution is 2.38. The normalized spacial score (nSPS) is 16.1. The van der Waals surface area contributed by atoms with Crippen LogP contribution in [0.2, 0.25) is 18.1 Å². The van der Waals surface area contributed by atoms with E-state index in [1.165, 1.54) is 0 Å². The molecule has 18 heavy (non-hydrogen) atoms. The molecule has 102 valence electrons. The first-order valence-corrected chi connectivity index (χ1v) is 10.6. The smallest absolute Gasteiger partial charge is 0.193 e. The number of benzene rings is 1. The van der Waals surface area contributed by atoms with Crippen LogP contribution in [-0.2, 0) is 9.73 Å². The average Bonchev–Trinajstić information content (AvgIpc) is 2.28. The molecule has 0 saturated heterocycles. The van der Waals surface area contributed by atoms with Crippen LogP contribution in [0.25, 0.3) is 0 Å². The van der Waals surface area contributed by atoms with Crippen molar-refractivity contribution in [2.45, 2.75) is 43.8 Å². The fourth-order valence-corrected chi connectivity index (χ4v) is 6.65. The van der Waals surface area contributed by atoms with E-state index in [1.807, 2.05) is 19.2 Å². The minimum atomic E-state index is -2.93. The van der Waals surface area contributed by atoms with Gasteiger partial charge < -0.3 is 0 Å². The molecule has 0 aliphatic carbocycles. The first-order valence-electron chi connectivity index (χ1n) is 5.99. The second-order valence-electron chi connectivity index (χ2n) is 5.96. The summed E-state index contributed by atoms with van der Waals surface area (Å²) < 4.78 is 30.5. The molecule has 1 atom stereocenters. The molecule has 0 aromatic heterocycles. The summed E-state index contributed by atoms with van der Waals surface area (Å²) >= 11 is 0. The van der Waals surface area contributed by atoms with Crippen molar-refractivity contribution in [1.82, 2.24) is 0 Å². The first kappa shape index (κ1) is 15.4. The maximum atomic E-state index is 13.3. The molecule has 0 fully saturated rings. The second-order valence-corrected chi connectivity index (χ2v) is 13.3. The molecule has 0 heterocycles. The van der Waals surface area contributed by atoms with Crippen LogP contribution in [0.15, 0.2) is 39.3 Å². The van der Waals surface area contributed by atoms with Crippen molar-refractivity contribution >= 4 is 18.0 Å². The van der Waals surface area contributed by atoms with Crippen LogP contribution in [0.1, 0.15) is 20.8 Å². The Kier molecular flexibility index (Phi) is 4.38. The third-order valence-corrected chi connectivity index (χ3v) is 11.5. The van der Waals surface area contributed by atoms with Crippen LogP contribution < -0.4 is 0 Å². The summed E-state index contributed by atoms with van der Waals surface area (Å²) in [5, 5.41) is -0.0421. The average molecular weight is 287 g/mol. The minimum Gasteiger partial charge on any atom is -0.271 e. The number of hydrogen-bond acceptors (Lipinski definition) is 2. The molecule has 1 aromatic carbocycles. The van der Waals surface area contributed by atoms with Crippen molar-refractivity contribution in [3.05, 3.63) is 30.3 Å². The lowest BCUT2D eigenvalue weighted by Gasteiger charge is -2.33. The number of hydrogen-bond donors (Lipinski definition) is 0. The molecule has 1 aromatic rings. The fraction of sp³-hybridized carbons (Fsp3) is 0.538. The minimum absolute atomic E-state index is 0.0421. The lowest BCUT2D eigenvalue weighted by atomic mass is 10.2. The van der Waals surface area contributed by atoms with E-state index in [0.29, 0.717) is 4.90 Å². The van der Waals surface area contributed by atoms with E-state index in [2.05, 4.69) is 24.8 Å². The van der Waals surface area contributed by atoms with Crippen molar-refractivity contribution in [2.75, 3.05) is 6.01 Å². The molecule has 0 amide bonds. The number of alkyl halides is 1. The number of nitrogens with zero attached hydrogens (tertiary/aromatic N) is 1.